The van der Waals surface area contributed by atoms with E-state index in [9.17, 15) is 4.79 Å². The molecule has 1 N–H and O–H groups in total. The monoisotopic (exact) mass is 327 g/mol. The van der Waals surface area contributed by atoms with Gasteiger partial charge < -0.3 is 14.8 Å². The summed E-state index contributed by atoms with van der Waals surface area (Å²) in [5.41, 5.74) is 1.57. The molecule has 0 aromatic heterocycles. The molecule has 1 aromatic carbocycles. The molecule has 0 bridgehead atoms. The van der Waals surface area contributed by atoms with E-state index in [4.69, 9.17) is 9.47 Å². The van der Waals surface area contributed by atoms with E-state index in [0.29, 0.717) is 13.2 Å². The minimum Gasteiger partial charge on any atom is -0.467 e. The summed E-state index contributed by atoms with van der Waals surface area (Å²) < 4.78 is 11.7. The Morgan fingerprint density at radius 3 is 2.84 bits per heavy atom. The molecule has 1 aromatic rings. The number of hydrogen-bond acceptors (Lipinski definition) is 3. The highest BCUT2D eigenvalue weighted by atomic mass is 79.9. The van der Waals surface area contributed by atoms with Gasteiger partial charge in [0.15, 0.2) is 6.79 Å². The number of carbonyl (C=O) groups excluding carboxylic acids is 1. The summed E-state index contributed by atoms with van der Waals surface area (Å²) in [7, 11) is 0. The molecule has 0 spiro atoms. The van der Waals surface area contributed by atoms with Gasteiger partial charge in [-0.15, -0.1) is 0 Å². The van der Waals surface area contributed by atoms with Gasteiger partial charge in [0.05, 0.1) is 6.61 Å². The number of fused-ring (bicyclic) bond motifs is 1. The topological polar surface area (TPSA) is 47.6 Å². The van der Waals surface area contributed by atoms with E-state index >= 15 is 0 Å². The van der Waals surface area contributed by atoms with Gasteiger partial charge in [-0.3, -0.25) is 4.79 Å². The molecule has 0 fully saturated rings. The Labute approximate surface area is 121 Å². The zero-order valence-corrected chi connectivity index (χ0v) is 13.0. The van der Waals surface area contributed by atoms with Gasteiger partial charge in [-0.1, -0.05) is 36.7 Å². The van der Waals surface area contributed by atoms with Crippen LogP contribution in [0.15, 0.2) is 16.6 Å². The second-order valence-electron chi connectivity index (χ2n) is 5.60. The second-order valence-corrected chi connectivity index (χ2v) is 6.51. The van der Waals surface area contributed by atoms with Crippen molar-refractivity contribution >= 4 is 21.8 Å². The van der Waals surface area contributed by atoms with Crippen LogP contribution in [0.1, 0.15) is 31.9 Å². The van der Waals surface area contributed by atoms with Crippen LogP contribution in [0.2, 0.25) is 0 Å². The molecule has 1 aliphatic rings. The molecule has 5 heteroatoms. The number of benzene rings is 1. The summed E-state index contributed by atoms with van der Waals surface area (Å²) >= 11 is 3.46. The number of ether oxygens (including phenoxy) is 2. The Kier molecular flexibility index (Phi) is 4.16. The lowest BCUT2D eigenvalue weighted by molar-refractivity contribution is -0.128. The van der Waals surface area contributed by atoms with E-state index in [1.54, 1.807) is 0 Å². The van der Waals surface area contributed by atoms with Crippen molar-refractivity contribution < 1.29 is 14.3 Å². The molecule has 0 unspecified atom stereocenters. The normalized spacial score (nSPS) is 14.5. The van der Waals surface area contributed by atoms with Gasteiger partial charge in [0.2, 0.25) is 5.91 Å². The Balaban J connectivity index is 2.16. The third-order valence-corrected chi connectivity index (χ3v) is 3.33. The Bertz CT molecular complexity index is 494. The van der Waals surface area contributed by atoms with E-state index < -0.39 is 5.41 Å². The number of nitrogens with one attached hydrogen (secondary N) is 1. The van der Waals surface area contributed by atoms with Crippen LogP contribution in [0.25, 0.3) is 0 Å². The average molecular weight is 328 g/mol. The zero-order valence-electron chi connectivity index (χ0n) is 11.4. The maximum absolute atomic E-state index is 11.9. The Morgan fingerprint density at radius 2 is 2.16 bits per heavy atom. The molecule has 0 atom stereocenters. The van der Waals surface area contributed by atoms with Gasteiger partial charge in [0, 0.05) is 27.6 Å². The van der Waals surface area contributed by atoms with Crippen LogP contribution in [-0.2, 0) is 22.7 Å². The van der Waals surface area contributed by atoms with Gasteiger partial charge in [-0.2, -0.15) is 0 Å². The highest BCUT2D eigenvalue weighted by Crippen LogP contribution is 2.31. The third kappa shape index (κ3) is 3.48. The molecule has 104 valence electrons. The van der Waals surface area contributed by atoms with Crippen LogP contribution < -0.4 is 10.1 Å². The maximum Gasteiger partial charge on any atom is 0.225 e. The molecule has 4 nitrogen and oxygen atoms in total. The largest absolute Gasteiger partial charge is 0.467 e. The average Bonchev–Trinajstić information content (AvgIpc) is 2.34. The fourth-order valence-corrected chi connectivity index (χ4v) is 2.38. The van der Waals surface area contributed by atoms with E-state index in [-0.39, 0.29) is 12.7 Å². The Morgan fingerprint density at radius 1 is 1.42 bits per heavy atom. The molecule has 1 aliphatic heterocycles. The number of rotatable bonds is 2. The van der Waals surface area contributed by atoms with Crippen LogP contribution in [-0.4, -0.2) is 12.7 Å². The summed E-state index contributed by atoms with van der Waals surface area (Å²) in [6.07, 6.45) is 0. The van der Waals surface area contributed by atoms with Crippen molar-refractivity contribution in [3.8, 4) is 5.75 Å². The van der Waals surface area contributed by atoms with Crippen LogP contribution in [0.5, 0.6) is 5.75 Å². The van der Waals surface area contributed by atoms with Crippen molar-refractivity contribution in [3.63, 3.8) is 0 Å². The predicted molar refractivity (Wildman–Crippen MR) is 75.7 cm³/mol. The van der Waals surface area contributed by atoms with Gasteiger partial charge >= 0.3 is 0 Å². The smallest absolute Gasteiger partial charge is 0.225 e. The van der Waals surface area contributed by atoms with Crippen LogP contribution in [0.4, 0.5) is 0 Å². The molecule has 19 heavy (non-hydrogen) atoms. The van der Waals surface area contributed by atoms with E-state index in [1.165, 1.54) is 0 Å². The van der Waals surface area contributed by atoms with Gasteiger partial charge in [0.1, 0.15) is 5.75 Å². The number of carbonyl (C=O) groups is 1. The highest BCUT2D eigenvalue weighted by Gasteiger charge is 2.22. The summed E-state index contributed by atoms with van der Waals surface area (Å²) in [5, 5.41) is 2.94. The molecule has 1 amide bonds. The summed E-state index contributed by atoms with van der Waals surface area (Å²) in [6, 6.07) is 3.94. The standard InChI is InChI=1S/C14H18BrNO3/c1-14(2,3)13(17)16-6-9-4-11(15)5-10-7-18-8-19-12(9)10/h4-5H,6-8H2,1-3H3,(H,16,17). The van der Waals surface area contributed by atoms with Crippen molar-refractivity contribution in [1.29, 1.82) is 0 Å². The van der Waals surface area contributed by atoms with Crippen LogP contribution >= 0.6 is 15.9 Å². The summed E-state index contributed by atoms with van der Waals surface area (Å²) in [5.74, 6) is 0.844. The van der Waals surface area contributed by atoms with E-state index in [1.807, 2.05) is 32.9 Å². The first-order chi connectivity index (χ1) is 8.88. The summed E-state index contributed by atoms with van der Waals surface area (Å²) in [4.78, 5) is 11.9. The second kappa shape index (κ2) is 5.51. The van der Waals surface area contributed by atoms with Crippen LogP contribution in [0.3, 0.4) is 0 Å². The van der Waals surface area contributed by atoms with Gasteiger partial charge in [-0.25, -0.2) is 0 Å². The molecule has 0 radical (unpaired) electrons. The lowest BCUT2D eigenvalue weighted by Crippen LogP contribution is -2.34. The molecule has 0 saturated heterocycles. The Hall–Kier alpha value is -1.07. The lowest BCUT2D eigenvalue weighted by Gasteiger charge is -2.22. The fourth-order valence-electron chi connectivity index (χ4n) is 1.83. The van der Waals surface area contributed by atoms with E-state index in [2.05, 4.69) is 21.2 Å². The predicted octanol–water partition coefficient (Wildman–Crippen LogP) is 2.98. The number of amides is 1. The molecule has 0 aliphatic carbocycles. The molecular weight excluding hydrogens is 310 g/mol. The fraction of sp³-hybridized carbons (Fsp3) is 0.500. The molecular formula is C14H18BrNO3. The van der Waals surface area contributed by atoms with Crippen molar-refractivity contribution in [1.82, 2.24) is 5.32 Å². The third-order valence-electron chi connectivity index (χ3n) is 2.87. The first kappa shape index (κ1) is 14.3. The number of hydrogen-bond donors (Lipinski definition) is 1. The first-order valence-electron chi connectivity index (χ1n) is 6.18. The van der Waals surface area contributed by atoms with Gasteiger partial charge in [-0.05, 0) is 12.1 Å². The van der Waals surface area contributed by atoms with E-state index in [0.717, 1.165) is 21.3 Å². The SMILES string of the molecule is CC(C)(C)C(=O)NCc1cc(Br)cc2c1OCOC2. The lowest BCUT2D eigenvalue weighted by atomic mass is 9.95. The maximum atomic E-state index is 11.9. The number of halogens is 1. The van der Waals surface area contributed by atoms with Crippen LogP contribution in [0, 0.1) is 5.41 Å². The first-order valence-corrected chi connectivity index (χ1v) is 6.97. The van der Waals surface area contributed by atoms with Crippen molar-refractivity contribution in [2.45, 2.75) is 33.9 Å². The quantitative estimate of drug-likeness (QED) is 0.908. The minimum atomic E-state index is -0.393. The molecule has 2 rings (SSSR count). The molecule has 0 saturated carbocycles. The van der Waals surface area contributed by atoms with Gasteiger partial charge in [0.25, 0.3) is 0 Å². The minimum absolute atomic E-state index is 0.0216. The zero-order chi connectivity index (χ0) is 14.0. The molecule has 1 heterocycles. The van der Waals surface area contributed by atoms with Crippen molar-refractivity contribution in [2.24, 2.45) is 5.41 Å². The highest BCUT2D eigenvalue weighted by molar-refractivity contribution is 9.10. The van der Waals surface area contributed by atoms with Crippen molar-refractivity contribution in [3.05, 3.63) is 27.7 Å². The summed E-state index contributed by atoms with van der Waals surface area (Å²) in [6.45, 7) is 6.93. The van der Waals surface area contributed by atoms with Crippen molar-refractivity contribution in [2.75, 3.05) is 6.79 Å².